The van der Waals surface area contributed by atoms with Crippen molar-refractivity contribution in [3.63, 3.8) is 0 Å². The first-order valence-corrected chi connectivity index (χ1v) is 7.80. The van der Waals surface area contributed by atoms with Gasteiger partial charge in [0.2, 0.25) is 11.9 Å². The van der Waals surface area contributed by atoms with Gasteiger partial charge < -0.3 is 0 Å². The fourth-order valence-corrected chi connectivity index (χ4v) is 2.57. The highest BCUT2D eigenvalue weighted by molar-refractivity contribution is 9.10. The van der Waals surface area contributed by atoms with Crippen LogP contribution in [0.4, 0.5) is 14.7 Å². The van der Waals surface area contributed by atoms with E-state index in [0.29, 0.717) is 9.86 Å². The molecule has 3 aromatic rings. The number of anilines is 1. The molecule has 0 spiro atoms. The Morgan fingerprint density at radius 1 is 1.24 bits per heavy atom. The lowest BCUT2D eigenvalue weighted by Gasteiger charge is -2.09. The first-order chi connectivity index (χ1) is 12.0. The molecule has 0 atom stereocenters. The zero-order valence-electron chi connectivity index (χ0n) is 12.5. The zero-order valence-corrected chi connectivity index (χ0v) is 14.1. The number of amides is 1. The van der Waals surface area contributed by atoms with Crippen molar-refractivity contribution < 1.29 is 13.6 Å². The number of rotatable bonds is 4. The summed E-state index contributed by atoms with van der Waals surface area (Å²) in [5, 5.41) is 6.84. The molecule has 10 heteroatoms. The third-order valence-corrected chi connectivity index (χ3v) is 3.78. The summed E-state index contributed by atoms with van der Waals surface area (Å²) in [6.07, 6.45) is 1.78. The van der Waals surface area contributed by atoms with E-state index in [1.165, 1.54) is 6.07 Å². The molecule has 0 fully saturated rings. The Balaban J connectivity index is 1.91. The summed E-state index contributed by atoms with van der Waals surface area (Å²) in [5.74, 6) is -1.42. The number of halogens is 3. The number of carbonyl (C=O) groups is 1. The van der Waals surface area contributed by atoms with Crippen LogP contribution >= 0.6 is 15.9 Å². The average molecular weight is 410 g/mol. The summed E-state index contributed by atoms with van der Waals surface area (Å²) in [6.45, 7) is -1.35. The van der Waals surface area contributed by atoms with Gasteiger partial charge in [-0.2, -0.15) is 5.10 Å². The largest absolute Gasteiger partial charge is 0.293 e. The highest BCUT2D eigenvalue weighted by Gasteiger charge is 2.14. The van der Waals surface area contributed by atoms with Crippen LogP contribution in [-0.4, -0.2) is 25.7 Å². The maximum Gasteiger partial charge on any atom is 0.275 e. The molecule has 7 nitrogen and oxygen atoms in total. The maximum atomic E-state index is 13.3. The summed E-state index contributed by atoms with van der Waals surface area (Å²) < 4.78 is 27.6. The molecule has 2 heterocycles. The van der Waals surface area contributed by atoms with Crippen LogP contribution in [0.2, 0.25) is 0 Å². The number of aromatic nitrogens is 4. The van der Waals surface area contributed by atoms with Gasteiger partial charge in [-0.25, -0.2) is 23.4 Å². The lowest BCUT2D eigenvalue weighted by atomic mass is 10.1. The van der Waals surface area contributed by atoms with E-state index in [1.54, 1.807) is 12.1 Å². The summed E-state index contributed by atoms with van der Waals surface area (Å²) in [6, 6.07) is 4.76. The molecule has 1 aromatic carbocycles. The van der Waals surface area contributed by atoms with E-state index < -0.39 is 30.5 Å². The average Bonchev–Trinajstić information content (AvgIpc) is 2.59. The van der Waals surface area contributed by atoms with Gasteiger partial charge in [-0.05, 0) is 18.2 Å². The number of nitrogens with one attached hydrogen (secondary N) is 1. The molecule has 128 valence electrons. The van der Waals surface area contributed by atoms with E-state index in [9.17, 15) is 18.4 Å². The van der Waals surface area contributed by atoms with Gasteiger partial charge in [-0.1, -0.05) is 15.9 Å². The van der Waals surface area contributed by atoms with E-state index in [-0.39, 0.29) is 17.0 Å². The van der Waals surface area contributed by atoms with Crippen LogP contribution in [0.25, 0.3) is 10.8 Å². The van der Waals surface area contributed by atoms with Crippen LogP contribution in [0, 0.1) is 5.82 Å². The number of hydrogen-bond acceptors (Lipinski definition) is 5. The molecular formula is C15H10BrF2N5O2. The summed E-state index contributed by atoms with van der Waals surface area (Å²) in [5.41, 5.74) is -0.489. The van der Waals surface area contributed by atoms with Crippen molar-refractivity contribution in [1.29, 1.82) is 0 Å². The van der Waals surface area contributed by atoms with Crippen molar-refractivity contribution in [2.45, 2.75) is 13.2 Å². The summed E-state index contributed by atoms with van der Waals surface area (Å²) in [7, 11) is 0. The normalized spacial score (nSPS) is 10.8. The van der Waals surface area contributed by atoms with Crippen LogP contribution < -0.4 is 10.9 Å². The molecule has 0 saturated carbocycles. The molecule has 0 radical (unpaired) electrons. The Hall–Kier alpha value is -2.75. The van der Waals surface area contributed by atoms with Crippen molar-refractivity contribution >= 4 is 38.6 Å². The highest BCUT2D eigenvalue weighted by atomic mass is 79.9. The third kappa shape index (κ3) is 3.68. The van der Waals surface area contributed by atoms with Crippen LogP contribution in [0.3, 0.4) is 0 Å². The Labute approximate surface area is 147 Å². The zero-order chi connectivity index (χ0) is 18.0. The molecule has 0 unspecified atom stereocenters. The first-order valence-electron chi connectivity index (χ1n) is 7.00. The topological polar surface area (TPSA) is 89.8 Å². The molecule has 0 aliphatic carbocycles. The van der Waals surface area contributed by atoms with Crippen molar-refractivity contribution in [3.05, 3.63) is 56.9 Å². The lowest BCUT2D eigenvalue weighted by Crippen LogP contribution is -2.31. The third-order valence-electron chi connectivity index (χ3n) is 3.29. The van der Waals surface area contributed by atoms with Crippen LogP contribution in [0.15, 0.2) is 39.9 Å². The van der Waals surface area contributed by atoms with Gasteiger partial charge in [-0.15, -0.1) is 0 Å². The number of hydrogen-bond donors (Lipinski definition) is 1. The number of alkyl halides is 1. The smallest absolute Gasteiger partial charge is 0.275 e. The Kier molecular flexibility index (Phi) is 4.79. The molecule has 0 saturated heterocycles. The molecular weight excluding hydrogens is 400 g/mol. The Bertz CT molecular complexity index is 1010. The molecule has 2 aromatic heterocycles. The van der Waals surface area contributed by atoms with Gasteiger partial charge in [0.05, 0.1) is 17.8 Å². The van der Waals surface area contributed by atoms with Crippen molar-refractivity contribution in [3.8, 4) is 0 Å². The van der Waals surface area contributed by atoms with E-state index in [4.69, 9.17) is 0 Å². The number of fused-ring (bicyclic) bond motifs is 1. The monoisotopic (exact) mass is 409 g/mol. The molecule has 3 rings (SSSR count). The Morgan fingerprint density at radius 2 is 1.96 bits per heavy atom. The van der Waals surface area contributed by atoms with Gasteiger partial charge in [0.25, 0.3) is 5.56 Å². The van der Waals surface area contributed by atoms with Gasteiger partial charge >= 0.3 is 0 Å². The van der Waals surface area contributed by atoms with E-state index in [0.717, 1.165) is 17.1 Å². The predicted octanol–water partition coefficient (Wildman–Crippen LogP) is 2.20. The predicted molar refractivity (Wildman–Crippen MR) is 89.1 cm³/mol. The van der Waals surface area contributed by atoms with Gasteiger partial charge in [0.15, 0.2) is 5.82 Å². The lowest BCUT2D eigenvalue weighted by molar-refractivity contribution is -0.117. The quantitative estimate of drug-likeness (QED) is 0.713. The number of benzene rings is 1. The van der Waals surface area contributed by atoms with Crippen molar-refractivity contribution in [2.75, 3.05) is 5.32 Å². The minimum atomic E-state index is -0.893. The summed E-state index contributed by atoms with van der Waals surface area (Å²) in [4.78, 5) is 31.6. The maximum absolute atomic E-state index is 13.3. The molecule has 1 amide bonds. The number of nitrogens with zero attached hydrogens (tertiary/aromatic N) is 4. The van der Waals surface area contributed by atoms with Crippen molar-refractivity contribution in [1.82, 2.24) is 19.7 Å². The molecule has 1 N–H and O–H groups in total. The van der Waals surface area contributed by atoms with Crippen LogP contribution in [0.1, 0.15) is 5.69 Å². The standard InChI is InChI=1S/C15H10BrF2N5O2/c16-8-1-2-10-11(3-8)12(4-17)22-23(14(10)25)7-13(24)21-15-19-5-9(18)6-20-15/h1-3,5-6H,4,7H2,(H,19,20,21,24). The minimum Gasteiger partial charge on any atom is -0.293 e. The molecule has 0 aliphatic rings. The van der Waals surface area contributed by atoms with Gasteiger partial charge in [0.1, 0.15) is 18.9 Å². The van der Waals surface area contributed by atoms with Gasteiger partial charge in [0, 0.05) is 9.86 Å². The minimum absolute atomic E-state index is 0.0433. The fourth-order valence-electron chi connectivity index (χ4n) is 2.21. The molecule has 0 aliphatic heterocycles. The highest BCUT2D eigenvalue weighted by Crippen LogP contribution is 2.20. The fraction of sp³-hybridized carbons (Fsp3) is 0.133. The van der Waals surface area contributed by atoms with Crippen molar-refractivity contribution in [2.24, 2.45) is 0 Å². The van der Waals surface area contributed by atoms with Crippen LogP contribution in [0.5, 0.6) is 0 Å². The second-order valence-corrected chi connectivity index (χ2v) is 5.92. The Morgan fingerprint density at radius 3 is 2.64 bits per heavy atom. The van der Waals surface area contributed by atoms with E-state index in [1.807, 2.05) is 0 Å². The molecule has 25 heavy (non-hydrogen) atoms. The second-order valence-electron chi connectivity index (χ2n) is 5.01. The first kappa shape index (κ1) is 17.1. The molecule has 0 bridgehead atoms. The van der Waals surface area contributed by atoms with Crippen LogP contribution in [-0.2, 0) is 18.0 Å². The summed E-state index contributed by atoms with van der Waals surface area (Å²) >= 11 is 3.26. The SMILES string of the molecule is O=C(Cn1nc(CF)c2cc(Br)ccc2c1=O)Nc1ncc(F)cn1. The number of carbonyl (C=O) groups excluding carboxylic acids is 1. The van der Waals surface area contributed by atoms with E-state index in [2.05, 4.69) is 36.3 Å². The van der Waals surface area contributed by atoms with E-state index >= 15 is 0 Å². The van der Waals surface area contributed by atoms with Gasteiger partial charge in [-0.3, -0.25) is 14.9 Å². The second kappa shape index (κ2) is 7.01.